The Morgan fingerprint density at radius 3 is 2.60 bits per heavy atom. The average Bonchev–Trinajstić information content (AvgIpc) is 3.02. The van der Waals surface area contributed by atoms with Gasteiger partial charge in [-0.2, -0.15) is 0 Å². The molecule has 5 nitrogen and oxygen atoms in total. The third-order valence-corrected chi connectivity index (χ3v) is 3.58. The van der Waals surface area contributed by atoms with Crippen molar-refractivity contribution in [2.75, 3.05) is 13.2 Å². The van der Waals surface area contributed by atoms with Crippen molar-refractivity contribution in [3.63, 3.8) is 0 Å². The number of rotatable bonds is 6. The fraction of sp³-hybridized carbons (Fsp3) is 0.167. The standard InChI is InChI=1S/C18H16F2N2O3/c19-12-1-4-15(5-2-12)25-10-14(23)9-21-18(24)17-8-11-7-13(20)3-6-16(11)22-17/h1-8,14,22-23H,9-10H2,(H,21,24). The first-order valence-electron chi connectivity index (χ1n) is 7.64. The molecule has 0 fully saturated rings. The summed E-state index contributed by atoms with van der Waals surface area (Å²) >= 11 is 0. The lowest BCUT2D eigenvalue weighted by molar-refractivity contribution is 0.0840. The molecule has 130 valence electrons. The maximum atomic E-state index is 13.2. The lowest BCUT2D eigenvalue weighted by Gasteiger charge is -2.13. The minimum Gasteiger partial charge on any atom is -0.491 e. The zero-order valence-electron chi connectivity index (χ0n) is 13.1. The van der Waals surface area contributed by atoms with E-state index in [0.29, 0.717) is 16.7 Å². The van der Waals surface area contributed by atoms with Crippen LogP contribution < -0.4 is 10.1 Å². The van der Waals surface area contributed by atoms with Crippen LogP contribution in [0.5, 0.6) is 5.75 Å². The minimum absolute atomic E-state index is 0.0241. The number of aromatic amines is 1. The summed E-state index contributed by atoms with van der Waals surface area (Å²) in [6.45, 7) is -0.0758. The molecular formula is C18H16F2N2O3. The molecule has 25 heavy (non-hydrogen) atoms. The highest BCUT2D eigenvalue weighted by Gasteiger charge is 2.12. The zero-order valence-corrected chi connectivity index (χ0v) is 13.1. The van der Waals surface area contributed by atoms with Crippen LogP contribution in [0.3, 0.4) is 0 Å². The first-order chi connectivity index (χ1) is 12.0. The highest BCUT2D eigenvalue weighted by Crippen LogP contribution is 2.16. The lowest BCUT2D eigenvalue weighted by Crippen LogP contribution is -2.35. The number of aliphatic hydroxyl groups is 1. The second-order valence-corrected chi connectivity index (χ2v) is 5.54. The van der Waals surface area contributed by atoms with E-state index in [2.05, 4.69) is 10.3 Å². The molecule has 3 N–H and O–H groups in total. The molecule has 2 aromatic carbocycles. The topological polar surface area (TPSA) is 74.3 Å². The van der Waals surface area contributed by atoms with Gasteiger partial charge in [0.05, 0.1) is 0 Å². The van der Waals surface area contributed by atoms with Crippen LogP contribution in [0, 0.1) is 11.6 Å². The van der Waals surface area contributed by atoms with E-state index in [-0.39, 0.29) is 30.5 Å². The molecule has 0 spiro atoms. The average molecular weight is 346 g/mol. The Morgan fingerprint density at radius 1 is 1.12 bits per heavy atom. The molecule has 3 aromatic rings. The van der Waals surface area contributed by atoms with Crippen LogP contribution in [0.25, 0.3) is 10.9 Å². The number of carbonyl (C=O) groups excluding carboxylic acids is 1. The van der Waals surface area contributed by atoms with Crippen LogP contribution in [0.15, 0.2) is 48.5 Å². The van der Waals surface area contributed by atoms with Crippen LogP contribution in [-0.4, -0.2) is 35.3 Å². The number of hydrogen-bond acceptors (Lipinski definition) is 3. The Morgan fingerprint density at radius 2 is 1.84 bits per heavy atom. The summed E-state index contributed by atoms with van der Waals surface area (Å²) in [7, 11) is 0. The van der Waals surface area contributed by atoms with Gasteiger partial charge in [-0.1, -0.05) is 0 Å². The summed E-state index contributed by atoms with van der Waals surface area (Å²) in [5, 5.41) is 13.0. The number of aliphatic hydroxyl groups excluding tert-OH is 1. The highest BCUT2D eigenvalue weighted by atomic mass is 19.1. The summed E-state index contributed by atoms with van der Waals surface area (Å²) in [5.41, 5.74) is 0.916. The number of H-pyrrole nitrogens is 1. The van der Waals surface area contributed by atoms with Gasteiger partial charge in [0.1, 0.15) is 35.8 Å². The van der Waals surface area contributed by atoms with Gasteiger partial charge < -0.3 is 20.1 Å². The van der Waals surface area contributed by atoms with Crippen LogP contribution in [0.1, 0.15) is 10.5 Å². The molecule has 3 rings (SSSR count). The second kappa shape index (κ2) is 7.31. The largest absolute Gasteiger partial charge is 0.491 e. The van der Waals surface area contributed by atoms with E-state index >= 15 is 0 Å². The van der Waals surface area contributed by atoms with Crippen molar-refractivity contribution >= 4 is 16.8 Å². The van der Waals surface area contributed by atoms with Crippen molar-refractivity contribution < 1.29 is 23.4 Å². The van der Waals surface area contributed by atoms with E-state index in [1.807, 2.05) is 0 Å². The number of hydrogen-bond donors (Lipinski definition) is 3. The SMILES string of the molecule is O=C(NCC(O)COc1ccc(F)cc1)c1cc2cc(F)ccc2[nH]1. The molecule has 1 atom stereocenters. The number of ether oxygens (including phenoxy) is 1. The number of amides is 1. The normalized spacial score (nSPS) is 12.1. The first kappa shape index (κ1) is 16.9. The smallest absolute Gasteiger partial charge is 0.267 e. The molecular weight excluding hydrogens is 330 g/mol. The summed E-state index contributed by atoms with van der Waals surface area (Å²) in [6, 6.07) is 11.1. The molecule has 0 radical (unpaired) electrons. The van der Waals surface area contributed by atoms with Crippen molar-refractivity contribution in [2.45, 2.75) is 6.10 Å². The Bertz CT molecular complexity index is 878. The summed E-state index contributed by atoms with van der Waals surface area (Å²) in [4.78, 5) is 15.0. The van der Waals surface area contributed by atoms with Crippen LogP contribution in [0.4, 0.5) is 8.78 Å². The predicted octanol–water partition coefficient (Wildman–Crippen LogP) is 2.62. The number of fused-ring (bicyclic) bond motifs is 1. The van der Waals surface area contributed by atoms with Gasteiger partial charge in [0.2, 0.25) is 0 Å². The first-order valence-corrected chi connectivity index (χ1v) is 7.64. The van der Waals surface area contributed by atoms with Crippen molar-refractivity contribution in [2.24, 2.45) is 0 Å². The van der Waals surface area contributed by atoms with Gasteiger partial charge in [-0.15, -0.1) is 0 Å². The van der Waals surface area contributed by atoms with Crippen molar-refractivity contribution in [3.8, 4) is 5.75 Å². The summed E-state index contributed by atoms with van der Waals surface area (Å²) in [6.07, 6.45) is -0.934. The monoisotopic (exact) mass is 346 g/mol. The van der Waals surface area contributed by atoms with E-state index in [9.17, 15) is 18.7 Å². The zero-order chi connectivity index (χ0) is 17.8. The molecule has 0 saturated heterocycles. The number of aromatic nitrogens is 1. The van der Waals surface area contributed by atoms with Gasteiger partial charge in [0, 0.05) is 17.4 Å². The molecule has 0 aliphatic heterocycles. The minimum atomic E-state index is -0.934. The van der Waals surface area contributed by atoms with Crippen LogP contribution in [-0.2, 0) is 0 Å². The van der Waals surface area contributed by atoms with Crippen molar-refractivity contribution in [1.29, 1.82) is 0 Å². The van der Waals surface area contributed by atoms with Gasteiger partial charge in [-0.3, -0.25) is 4.79 Å². The van der Waals surface area contributed by atoms with Gasteiger partial charge in [0.15, 0.2) is 0 Å². The third-order valence-electron chi connectivity index (χ3n) is 3.58. The molecule has 0 bridgehead atoms. The quantitative estimate of drug-likeness (QED) is 0.642. The number of carbonyl (C=O) groups is 1. The summed E-state index contributed by atoms with van der Waals surface area (Å²) < 4.78 is 31.2. The Hall–Kier alpha value is -2.93. The Balaban J connectivity index is 1.51. The summed E-state index contributed by atoms with van der Waals surface area (Å²) in [5.74, 6) is -0.757. The van der Waals surface area contributed by atoms with Gasteiger partial charge in [-0.05, 0) is 48.5 Å². The van der Waals surface area contributed by atoms with Gasteiger partial charge in [-0.25, -0.2) is 8.78 Å². The molecule has 1 heterocycles. The lowest BCUT2D eigenvalue weighted by atomic mass is 10.2. The van der Waals surface area contributed by atoms with Gasteiger partial charge in [0.25, 0.3) is 5.91 Å². The molecule has 0 aliphatic rings. The van der Waals surface area contributed by atoms with E-state index in [0.717, 1.165) is 0 Å². The van der Waals surface area contributed by atoms with Crippen LogP contribution >= 0.6 is 0 Å². The molecule has 1 amide bonds. The van der Waals surface area contributed by atoms with Crippen LogP contribution in [0.2, 0.25) is 0 Å². The van der Waals surface area contributed by atoms with E-state index in [1.54, 1.807) is 6.07 Å². The Labute approximate surface area is 142 Å². The maximum Gasteiger partial charge on any atom is 0.267 e. The van der Waals surface area contributed by atoms with Crippen molar-refractivity contribution in [1.82, 2.24) is 10.3 Å². The van der Waals surface area contributed by atoms with E-state index in [1.165, 1.54) is 42.5 Å². The molecule has 1 unspecified atom stereocenters. The van der Waals surface area contributed by atoms with E-state index < -0.39 is 12.0 Å². The molecule has 7 heteroatoms. The molecule has 0 saturated carbocycles. The number of benzene rings is 2. The molecule has 1 aromatic heterocycles. The number of halogens is 2. The highest BCUT2D eigenvalue weighted by molar-refractivity contribution is 5.98. The fourth-order valence-electron chi connectivity index (χ4n) is 2.31. The number of nitrogens with one attached hydrogen (secondary N) is 2. The second-order valence-electron chi connectivity index (χ2n) is 5.54. The molecule has 0 aliphatic carbocycles. The fourth-order valence-corrected chi connectivity index (χ4v) is 2.31. The Kier molecular flexibility index (Phi) is 4.95. The predicted molar refractivity (Wildman–Crippen MR) is 88.5 cm³/mol. The third kappa shape index (κ3) is 4.33. The maximum absolute atomic E-state index is 13.2. The van der Waals surface area contributed by atoms with Crippen molar-refractivity contribution in [3.05, 3.63) is 65.9 Å². The van der Waals surface area contributed by atoms with E-state index in [4.69, 9.17) is 4.74 Å². The van der Waals surface area contributed by atoms with Gasteiger partial charge >= 0.3 is 0 Å².